The van der Waals surface area contributed by atoms with E-state index in [0.29, 0.717) is 19.1 Å². The van der Waals surface area contributed by atoms with E-state index >= 15 is 0 Å². The molecule has 0 bridgehead atoms. The van der Waals surface area contributed by atoms with Gasteiger partial charge in [0.25, 0.3) is 0 Å². The Labute approximate surface area is 105 Å². The average Bonchev–Trinajstić information content (AvgIpc) is 2.31. The third kappa shape index (κ3) is 10.7. The molecule has 0 rings (SSSR count). The normalized spacial score (nSPS) is 12.9. The molecule has 0 aromatic rings. The number of thiol groups is 1. The van der Waals surface area contributed by atoms with Crippen molar-refractivity contribution >= 4 is 12.6 Å². The number of hydrogen-bond acceptors (Lipinski definition) is 4. The molecule has 0 spiro atoms. The summed E-state index contributed by atoms with van der Waals surface area (Å²) in [6, 6.07) is 0. The summed E-state index contributed by atoms with van der Waals surface area (Å²) in [5, 5.41) is 0. The molecule has 0 heterocycles. The summed E-state index contributed by atoms with van der Waals surface area (Å²) >= 11 is 4.31. The predicted octanol–water partition coefficient (Wildman–Crippen LogP) is 2.40. The van der Waals surface area contributed by atoms with Gasteiger partial charge in [-0.05, 0) is 24.5 Å². The average molecular weight is 250 g/mol. The summed E-state index contributed by atoms with van der Waals surface area (Å²) in [5.74, 6) is 1.51. The minimum absolute atomic E-state index is 0.600. The van der Waals surface area contributed by atoms with Crippen LogP contribution in [0.15, 0.2) is 0 Å². The van der Waals surface area contributed by atoms with E-state index in [2.05, 4.69) is 19.6 Å². The maximum atomic E-state index is 5.59. The monoisotopic (exact) mass is 250 g/mol. The van der Waals surface area contributed by atoms with E-state index in [1.165, 1.54) is 12.8 Å². The standard InChI is InChI=1S/C12H26O3S/c1-3-5-12(11-16)10-15-7-4-6-14-9-8-13-2/h12,16H,3-11H2,1-2H3. The lowest BCUT2D eigenvalue weighted by Crippen LogP contribution is -2.13. The highest BCUT2D eigenvalue weighted by molar-refractivity contribution is 7.80. The summed E-state index contributed by atoms with van der Waals surface area (Å²) in [6.45, 7) is 5.89. The minimum Gasteiger partial charge on any atom is -0.382 e. The van der Waals surface area contributed by atoms with Gasteiger partial charge in [-0.3, -0.25) is 0 Å². The van der Waals surface area contributed by atoms with Crippen molar-refractivity contribution in [1.82, 2.24) is 0 Å². The molecular weight excluding hydrogens is 224 g/mol. The Morgan fingerprint density at radius 1 is 1.06 bits per heavy atom. The van der Waals surface area contributed by atoms with Crippen LogP contribution in [0.4, 0.5) is 0 Å². The number of ether oxygens (including phenoxy) is 3. The molecule has 0 saturated heterocycles. The molecule has 0 radical (unpaired) electrons. The second kappa shape index (κ2) is 13.3. The first-order valence-electron chi connectivity index (χ1n) is 6.10. The maximum absolute atomic E-state index is 5.59. The van der Waals surface area contributed by atoms with Crippen LogP contribution in [0.1, 0.15) is 26.2 Å². The van der Waals surface area contributed by atoms with Crippen molar-refractivity contribution in [3.8, 4) is 0 Å². The van der Waals surface area contributed by atoms with Gasteiger partial charge in [-0.1, -0.05) is 13.3 Å². The molecule has 0 aromatic carbocycles. The summed E-state index contributed by atoms with van der Waals surface area (Å²) in [4.78, 5) is 0. The lowest BCUT2D eigenvalue weighted by atomic mass is 10.1. The van der Waals surface area contributed by atoms with Crippen molar-refractivity contribution in [3.63, 3.8) is 0 Å². The lowest BCUT2D eigenvalue weighted by Gasteiger charge is -2.13. The van der Waals surface area contributed by atoms with Gasteiger partial charge in [-0.15, -0.1) is 0 Å². The van der Waals surface area contributed by atoms with Gasteiger partial charge in [-0.25, -0.2) is 0 Å². The van der Waals surface area contributed by atoms with E-state index in [0.717, 1.165) is 32.0 Å². The summed E-state index contributed by atoms with van der Waals surface area (Å²) in [5.41, 5.74) is 0. The van der Waals surface area contributed by atoms with Crippen LogP contribution in [0.5, 0.6) is 0 Å². The molecule has 4 heteroatoms. The molecule has 0 fully saturated rings. The predicted molar refractivity (Wildman–Crippen MR) is 70.4 cm³/mol. The quantitative estimate of drug-likeness (QED) is 0.426. The van der Waals surface area contributed by atoms with E-state index in [9.17, 15) is 0 Å². The second-order valence-corrected chi connectivity index (χ2v) is 4.24. The molecule has 0 aliphatic carbocycles. The van der Waals surface area contributed by atoms with Crippen molar-refractivity contribution in [2.75, 3.05) is 45.9 Å². The van der Waals surface area contributed by atoms with Crippen LogP contribution in [0.3, 0.4) is 0 Å². The van der Waals surface area contributed by atoms with Crippen LogP contribution in [0.2, 0.25) is 0 Å². The SMILES string of the molecule is CCCC(CS)COCCCOCCOC. The van der Waals surface area contributed by atoms with Crippen molar-refractivity contribution in [2.24, 2.45) is 5.92 Å². The van der Waals surface area contributed by atoms with Crippen LogP contribution >= 0.6 is 12.6 Å². The molecule has 98 valence electrons. The maximum Gasteiger partial charge on any atom is 0.0700 e. The third-order valence-electron chi connectivity index (χ3n) is 2.32. The fourth-order valence-corrected chi connectivity index (χ4v) is 1.68. The Bertz CT molecular complexity index is 133. The molecule has 0 saturated carbocycles. The van der Waals surface area contributed by atoms with Gasteiger partial charge < -0.3 is 14.2 Å². The molecular formula is C12H26O3S. The molecule has 1 atom stereocenters. The zero-order valence-electron chi connectivity index (χ0n) is 10.6. The van der Waals surface area contributed by atoms with E-state index in [4.69, 9.17) is 14.2 Å². The van der Waals surface area contributed by atoms with Crippen LogP contribution in [-0.4, -0.2) is 45.9 Å². The Morgan fingerprint density at radius 2 is 1.81 bits per heavy atom. The Morgan fingerprint density at radius 3 is 2.44 bits per heavy atom. The molecule has 0 aliphatic rings. The number of methoxy groups -OCH3 is 1. The Balaban J connectivity index is 3.12. The van der Waals surface area contributed by atoms with Gasteiger partial charge in [-0.2, -0.15) is 12.6 Å². The molecule has 1 unspecified atom stereocenters. The zero-order valence-corrected chi connectivity index (χ0v) is 11.5. The van der Waals surface area contributed by atoms with Crippen molar-refractivity contribution in [3.05, 3.63) is 0 Å². The van der Waals surface area contributed by atoms with Crippen molar-refractivity contribution < 1.29 is 14.2 Å². The smallest absolute Gasteiger partial charge is 0.0700 e. The molecule has 0 aromatic heterocycles. The van der Waals surface area contributed by atoms with Crippen molar-refractivity contribution in [1.29, 1.82) is 0 Å². The second-order valence-electron chi connectivity index (χ2n) is 3.87. The molecule has 3 nitrogen and oxygen atoms in total. The van der Waals surface area contributed by atoms with Gasteiger partial charge in [0.2, 0.25) is 0 Å². The van der Waals surface area contributed by atoms with Gasteiger partial charge in [0.15, 0.2) is 0 Å². The largest absolute Gasteiger partial charge is 0.382 e. The van der Waals surface area contributed by atoms with Gasteiger partial charge in [0.05, 0.1) is 19.8 Å². The van der Waals surface area contributed by atoms with Crippen LogP contribution < -0.4 is 0 Å². The third-order valence-corrected chi connectivity index (χ3v) is 2.83. The Hall–Kier alpha value is 0.230. The van der Waals surface area contributed by atoms with E-state index in [1.54, 1.807) is 7.11 Å². The summed E-state index contributed by atoms with van der Waals surface area (Å²) < 4.78 is 15.8. The molecule has 0 amide bonds. The highest BCUT2D eigenvalue weighted by Gasteiger charge is 2.04. The summed E-state index contributed by atoms with van der Waals surface area (Å²) in [6.07, 6.45) is 3.36. The van der Waals surface area contributed by atoms with E-state index in [-0.39, 0.29) is 0 Å². The first kappa shape index (κ1) is 16.2. The molecule has 0 aliphatic heterocycles. The van der Waals surface area contributed by atoms with Crippen LogP contribution in [0, 0.1) is 5.92 Å². The summed E-state index contributed by atoms with van der Waals surface area (Å²) in [7, 11) is 1.68. The number of rotatable bonds is 12. The van der Waals surface area contributed by atoms with Crippen molar-refractivity contribution in [2.45, 2.75) is 26.2 Å². The fraction of sp³-hybridized carbons (Fsp3) is 1.00. The Kier molecular flexibility index (Phi) is 13.5. The highest BCUT2D eigenvalue weighted by atomic mass is 32.1. The lowest BCUT2D eigenvalue weighted by molar-refractivity contribution is 0.0454. The minimum atomic E-state index is 0.600. The first-order valence-corrected chi connectivity index (χ1v) is 6.73. The van der Waals surface area contributed by atoms with Gasteiger partial charge >= 0.3 is 0 Å². The number of hydrogen-bond donors (Lipinski definition) is 1. The van der Waals surface area contributed by atoms with Crippen LogP contribution in [0.25, 0.3) is 0 Å². The van der Waals surface area contributed by atoms with Gasteiger partial charge in [0, 0.05) is 20.3 Å². The van der Waals surface area contributed by atoms with Gasteiger partial charge in [0.1, 0.15) is 0 Å². The van der Waals surface area contributed by atoms with Crippen LogP contribution in [-0.2, 0) is 14.2 Å². The molecule has 0 N–H and O–H groups in total. The fourth-order valence-electron chi connectivity index (χ4n) is 1.39. The first-order chi connectivity index (χ1) is 7.85. The van der Waals surface area contributed by atoms with E-state index < -0.39 is 0 Å². The highest BCUT2D eigenvalue weighted by Crippen LogP contribution is 2.08. The zero-order chi connectivity index (χ0) is 12.1. The topological polar surface area (TPSA) is 27.7 Å². The molecule has 16 heavy (non-hydrogen) atoms. The van der Waals surface area contributed by atoms with E-state index in [1.807, 2.05) is 0 Å².